The topological polar surface area (TPSA) is 44.0 Å². The highest BCUT2D eigenvalue weighted by molar-refractivity contribution is 9.09. The van der Waals surface area contributed by atoms with Crippen LogP contribution in [-0.2, 0) is 19.4 Å². The predicted octanol–water partition coefficient (Wildman–Crippen LogP) is 2.57. The van der Waals surface area contributed by atoms with Gasteiger partial charge < -0.3 is 5.11 Å². The normalized spacial score (nSPS) is 9.93. The van der Waals surface area contributed by atoms with Crippen LogP contribution >= 0.6 is 15.9 Å². The number of hydrogen-bond donors (Lipinski definition) is 1. The van der Waals surface area contributed by atoms with Gasteiger partial charge in [0.2, 0.25) is 0 Å². The minimum Gasteiger partial charge on any atom is -0.392 e. The Morgan fingerprint density at radius 1 is 1.33 bits per heavy atom. The Kier molecular flexibility index (Phi) is 5.38. The molecule has 0 unspecified atom stereocenters. The molecule has 1 rings (SSSR count). The van der Waals surface area contributed by atoms with Gasteiger partial charge in [-0.15, -0.1) is 0 Å². The van der Waals surface area contributed by atoms with Crippen molar-refractivity contribution in [1.82, 2.24) is 0 Å². The minimum absolute atomic E-state index is 0.0131. The maximum atomic E-state index is 9.18. The van der Waals surface area contributed by atoms with E-state index in [1.807, 2.05) is 18.2 Å². The maximum absolute atomic E-state index is 9.18. The van der Waals surface area contributed by atoms with E-state index < -0.39 is 0 Å². The fraction of sp³-hybridized carbons (Fsp3) is 0.417. The molecular formula is C12H14BrNO. The SMILES string of the molecule is N#CCc1c(CO)cccc1CCCBr. The smallest absolute Gasteiger partial charge is 0.0684 e. The summed E-state index contributed by atoms with van der Waals surface area (Å²) in [7, 11) is 0. The van der Waals surface area contributed by atoms with Crippen LogP contribution < -0.4 is 0 Å². The third kappa shape index (κ3) is 3.33. The van der Waals surface area contributed by atoms with Crippen LogP contribution in [0.15, 0.2) is 18.2 Å². The van der Waals surface area contributed by atoms with Crippen LogP contribution in [0.5, 0.6) is 0 Å². The first-order valence-corrected chi connectivity index (χ1v) is 6.09. The number of aliphatic hydroxyl groups is 1. The van der Waals surface area contributed by atoms with E-state index in [0.29, 0.717) is 6.42 Å². The second-order valence-electron chi connectivity index (χ2n) is 3.34. The highest BCUT2D eigenvalue weighted by atomic mass is 79.9. The molecule has 0 saturated heterocycles. The molecule has 0 aliphatic carbocycles. The number of benzene rings is 1. The first-order valence-electron chi connectivity index (χ1n) is 4.97. The molecule has 0 spiro atoms. The van der Waals surface area contributed by atoms with E-state index >= 15 is 0 Å². The lowest BCUT2D eigenvalue weighted by atomic mass is 9.96. The quantitative estimate of drug-likeness (QED) is 0.834. The Bertz CT molecular complexity index is 357. The Morgan fingerprint density at radius 3 is 2.67 bits per heavy atom. The number of nitrogens with zero attached hydrogens (tertiary/aromatic N) is 1. The molecule has 0 saturated carbocycles. The van der Waals surface area contributed by atoms with E-state index in [0.717, 1.165) is 29.3 Å². The van der Waals surface area contributed by atoms with Crippen LogP contribution in [0.4, 0.5) is 0 Å². The van der Waals surface area contributed by atoms with E-state index in [1.165, 1.54) is 5.56 Å². The summed E-state index contributed by atoms with van der Waals surface area (Å²) in [6.07, 6.45) is 2.39. The Balaban J connectivity index is 2.97. The van der Waals surface area contributed by atoms with Gasteiger partial charge >= 0.3 is 0 Å². The fourth-order valence-electron chi connectivity index (χ4n) is 1.63. The average molecular weight is 268 g/mol. The number of aliphatic hydroxyl groups excluding tert-OH is 1. The van der Waals surface area contributed by atoms with Crippen LogP contribution in [0.2, 0.25) is 0 Å². The van der Waals surface area contributed by atoms with Gasteiger partial charge in [0.15, 0.2) is 0 Å². The van der Waals surface area contributed by atoms with Crippen LogP contribution in [0.1, 0.15) is 23.1 Å². The molecule has 3 heteroatoms. The van der Waals surface area contributed by atoms with Gasteiger partial charge in [0, 0.05) is 5.33 Å². The highest BCUT2D eigenvalue weighted by Gasteiger charge is 2.06. The number of aryl methyl sites for hydroxylation is 1. The molecule has 80 valence electrons. The van der Waals surface area contributed by atoms with Crippen LogP contribution in [-0.4, -0.2) is 10.4 Å². The van der Waals surface area contributed by atoms with Gasteiger partial charge in [-0.05, 0) is 29.5 Å². The summed E-state index contributed by atoms with van der Waals surface area (Å²) in [4.78, 5) is 0. The van der Waals surface area contributed by atoms with Gasteiger partial charge in [0.1, 0.15) is 0 Å². The Hall–Kier alpha value is -0.850. The second-order valence-corrected chi connectivity index (χ2v) is 4.13. The molecule has 0 aromatic heterocycles. The van der Waals surface area contributed by atoms with E-state index in [-0.39, 0.29) is 6.61 Å². The molecule has 1 N–H and O–H groups in total. The van der Waals surface area contributed by atoms with E-state index in [9.17, 15) is 5.11 Å². The third-order valence-corrected chi connectivity index (χ3v) is 2.94. The summed E-state index contributed by atoms with van der Waals surface area (Å²) in [5.74, 6) is 0. The summed E-state index contributed by atoms with van der Waals surface area (Å²) in [6, 6.07) is 8.01. The number of nitriles is 1. The molecule has 0 radical (unpaired) electrons. The van der Waals surface area contributed by atoms with Crippen molar-refractivity contribution in [3.63, 3.8) is 0 Å². The zero-order chi connectivity index (χ0) is 11.1. The van der Waals surface area contributed by atoms with Gasteiger partial charge in [0.25, 0.3) is 0 Å². The maximum Gasteiger partial charge on any atom is 0.0684 e. The summed E-state index contributed by atoms with van der Waals surface area (Å²) in [5.41, 5.74) is 3.06. The predicted molar refractivity (Wildman–Crippen MR) is 63.8 cm³/mol. The number of hydrogen-bond acceptors (Lipinski definition) is 2. The third-order valence-electron chi connectivity index (χ3n) is 2.38. The summed E-state index contributed by atoms with van der Waals surface area (Å²) in [5, 5.41) is 18.9. The summed E-state index contributed by atoms with van der Waals surface area (Å²) < 4.78 is 0. The Labute approximate surface area is 98.7 Å². The van der Waals surface area contributed by atoms with Gasteiger partial charge in [-0.3, -0.25) is 0 Å². The zero-order valence-electron chi connectivity index (χ0n) is 8.54. The summed E-state index contributed by atoms with van der Waals surface area (Å²) >= 11 is 3.39. The molecule has 0 heterocycles. The average Bonchev–Trinajstić information content (AvgIpc) is 2.28. The monoisotopic (exact) mass is 267 g/mol. The number of rotatable bonds is 5. The van der Waals surface area contributed by atoms with Crippen molar-refractivity contribution in [2.24, 2.45) is 0 Å². The molecule has 0 aliphatic heterocycles. The van der Waals surface area contributed by atoms with Crippen molar-refractivity contribution >= 4 is 15.9 Å². The lowest BCUT2D eigenvalue weighted by molar-refractivity contribution is 0.280. The molecule has 0 bridgehead atoms. The van der Waals surface area contributed by atoms with E-state index in [2.05, 4.69) is 22.0 Å². The minimum atomic E-state index is 0.0131. The standard InChI is InChI=1S/C12H14BrNO/c13-7-2-5-10-3-1-4-11(9-15)12(10)6-8-14/h1,3-4,15H,2,5-7,9H2. The van der Waals surface area contributed by atoms with Crippen LogP contribution in [0.25, 0.3) is 0 Å². The van der Waals surface area contributed by atoms with Crippen molar-refractivity contribution in [3.05, 3.63) is 34.9 Å². The molecule has 0 atom stereocenters. The van der Waals surface area contributed by atoms with E-state index in [4.69, 9.17) is 5.26 Å². The molecule has 1 aromatic rings. The lowest BCUT2D eigenvalue weighted by Crippen LogP contribution is -2.00. The van der Waals surface area contributed by atoms with Crippen molar-refractivity contribution in [2.75, 3.05) is 5.33 Å². The highest BCUT2D eigenvalue weighted by Crippen LogP contribution is 2.17. The van der Waals surface area contributed by atoms with Crippen LogP contribution in [0.3, 0.4) is 0 Å². The van der Waals surface area contributed by atoms with Crippen molar-refractivity contribution in [3.8, 4) is 6.07 Å². The summed E-state index contributed by atoms with van der Waals surface area (Å²) in [6.45, 7) is 0.0131. The molecule has 0 aliphatic rings. The first-order chi connectivity index (χ1) is 7.33. The Morgan fingerprint density at radius 2 is 2.07 bits per heavy atom. The van der Waals surface area contributed by atoms with Crippen molar-refractivity contribution < 1.29 is 5.11 Å². The molecule has 15 heavy (non-hydrogen) atoms. The second kappa shape index (κ2) is 6.60. The first kappa shape index (κ1) is 12.2. The van der Waals surface area contributed by atoms with Gasteiger partial charge in [0.05, 0.1) is 19.1 Å². The molecular weight excluding hydrogens is 254 g/mol. The fourth-order valence-corrected chi connectivity index (χ4v) is 1.91. The van der Waals surface area contributed by atoms with E-state index in [1.54, 1.807) is 0 Å². The lowest BCUT2D eigenvalue weighted by Gasteiger charge is -2.10. The van der Waals surface area contributed by atoms with Crippen molar-refractivity contribution in [1.29, 1.82) is 5.26 Å². The molecule has 1 aromatic carbocycles. The van der Waals surface area contributed by atoms with Crippen LogP contribution in [0, 0.1) is 11.3 Å². The molecule has 2 nitrogen and oxygen atoms in total. The van der Waals surface area contributed by atoms with Gasteiger partial charge in [-0.1, -0.05) is 34.1 Å². The largest absolute Gasteiger partial charge is 0.392 e. The number of halogens is 1. The van der Waals surface area contributed by atoms with Gasteiger partial charge in [-0.25, -0.2) is 0 Å². The zero-order valence-corrected chi connectivity index (χ0v) is 10.1. The van der Waals surface area contributed by atoms with Crippen molar-refractivity contribution in [2.45, 2.75) is 25.9 Å². The molecule has 0 fully saturated rings. The molecule has 0 amide bonds. The number of alkyl halides is 1. The van der Waals surface area contributed by atoms with Gasteiger partial charge in [-0.2, -0.15) is 5.26 Å².